The molecule has 7 heteroatoms. The van der Waals surface area contributed by atoms with Crippen LogP contribution < -0.4 is 0 Å². The van der Waals surface area contributed by atoms with Crippen molar-refractivity contribution in [1.82, 2.24) is 0 Å². The third-order valence-electron chi connectivity index (χ3n) is 3.56. The quantitative estimate of drug-likeness (QED) is 0.369. The predicted molar refractivity (Wildman–Crippen MR) is 88.5 cm³/mol. The molecule has 0 spiro atoms. The number of carbonyl (C=O) groups is 4. The molecule has 0 heterocycles. The third-order valence-corrected chi connectivity index (χ3v) is 5.27. The van der Waals surface area contributed by atoms with E-state index in [0.717, 1.165) is 8.94 Å². The van der Waals surface area contributed by atoms with Gasteiger partial charge in [0.25, 0.3) is 0 Å². The van der Waals surface area contributed by atoms with Gasteiger partial charge in [-0.1, -0.05) is 0 Å². The molecule has 0 unspecified atom stereocenters. The van der Waals surface area contributed by atoms with Crippen LogP contribution in [0.4, 0.5) is 0 Å². The van der Waals surface area contributed by atoms with Crippen LogP contribution in [0.5, 0.6) is 0 Å². The zero-order valence-electron chi connectivity index (χ0n) is 13.7. The van der Waals surface area contributed by atoms with E-state index in [-0.39, 0.29) is 25.0 Å². The van der Waals surface area contributed by atoms with Crippen LogP contribution in [0.3, 0.4) is 0 Å². The Hall–Kier alpha value is -2.68. The summed E-state index contributed by atoms with van der Waals surface area (Å²) in [6.07, 6.45) is 8.62. The summed E-state index contributed by atoms with van der Waals surface area (Å²) in [7, 11) is 0. The van der Waals surface area contributed by atoms with Gasteiger partial charge in [0, 0.05) is 0 Å². The van der Waals surface area contributed by atoms with Crippen LogP contribution in [0.2, 0.25) is 0 Å². The van der Waals surface area contributed by atoms with Crippen molar-refractivity contribution in [1.29, 1.82) is 0 Å². The van der Waals surface area contributed by atoms with Crippen LogP contribution in [-0.2, 0) is 34.1 Å². The second-order valence-electron chi connectivity index (χ2n) is 5.46. The zero-order chi connectivity index (χ0) is 19.1. The van der Waals surface area contributed by atoms with Gasteiger partial charge in [0.05, 0.1) is 0 Å². The first-order chi connectivity index (χ1) is 12.4. The molecular weight excluding hydrogens is 380 g/mol. The van der Waals surface area contributed by atoms with Crippen molar-refractivity contribution in [3.63, 3.8) is 0 Å². The molecule has 136 valence electrons. The van der Waals surface area contributed by atoms with Gasteiger partial charge in [0.15, 0.2) is 0 Å². The zero-order valence-corrected chi connectivity index (χ0v) is 14.8. The van der Waals surface area contributed by atoms with Gasteiger partial charge < -0.3 is 0 Å². The van der Waals surface area contributed by atoms with E-state index < -0.39 is 17.7 Å². The Morgan fingerprint density at radius 1 is 0.923 bits per heavy atom. The number of carbonyl (C=O) groups excluding carboxylic acids is 2. The van der Waals surface area contributed by atoms with Gasteiger partial charge in [0.2, 0.25) is 0 Å². The van der Waals surface area contributed by atoms with E-state index in [1.54, 1.807) is 12.2 Å². The maximum absolute atomic E-state index is 12.3. The van der Waals surface area contributed by atoms with Crippen LogP contribution in [-0.4, -0.2) is 33.7 Å². The molecule has 0 saturated heterocycles. The number of hydrogen-bond acceptors (Lipinski definition) is 4. The summed E-state index contributed by atoms with van der Waals surface area (Å²) in [6.45, 7) is 0. The van der Waals surface area contributed by atoms with Crippen LogP contribution >= 0.6 is 0 Å². The number of ketones is 2. The van der Waals surface area contributed by atoms with Gasteiger partial charge in [-0.05, 0) is 0 Å². The first-order valence-corrected chi connectivity index (χ1v) is 8.95. The Labute approximate surface area is 156 Å². The van der Waals surface area contributed by atoms with Crippen LogP contribution in [0, 0.1) is 11.8 Å². The van der Waals surface area contributed by atoms with Crippen molar-refractivity contribution in [2.75, 3.05) is 0 Å². The summed E-state index contributed by atoms with van der Waals surface area (Å²) in [5.74, 6) is 0.986. The fraction of sp³-hybridized carbons (Fsp3) is 0.263. The van der Waals surface area contributed by atoms with E-state index in [1.165, 1.54) is 0 Å². The van der Waals surface area contributed by atoms with E-state index in [9.17, 15) is 19.2 Å². The maximum atomic E-state index is 12.3. The minimum atomic E-state index is -1.36. The number of rotatable bonds is 8. The van der Waals surface area contributed by atoms with Gasteiger partial charge in [-0.2, -0.15) is 0 Å². The molecule has 6 nitrogen and oxygen atoms in total. The Morgan fingerprint density at radius 3 is 2.15 bits per heavy atom. The van der Waals surface area contributed by atoms with Gasteiger partial charge in [0.1, 0.15) is 0 Å². The Morgan fingerprint density at radius 2 is 1.54 bits per heavy atom. The Bertz CT molecular complexity index is 845. The normalized spacial score (nSPS) is 15.4. The Balaban J connectivity index is 2.12. The second kappa shape index (κ2) is 9.14. The minimum absolute atomic E-state index is 0.0476. The molecule has 2 aliphatic rings. The van der Waals surface area contributed by atoms with Crippen molar-refractivity contribution in [2.24, 2.45) is 0 Å². The molecule has 2 aliphatic carbocycles. The summed E-state index contributed by atoms with van der Waals surface area (Å²) in [4.78, 5) is 45.4. The predicted octanol–water partition coefficient (Wildman–Crippen LogP) is 1.98. The molecule has 2 N–H and O–H groups in total. The van der Waals surface area contributed by atoms with Gasteiger partial charge in [-0.3, -0.25) is 0 Å². The standard InChI is InChI=1S/C10H11O3.C9H5O3.Fe/c11-9(6-3-7-10(12)13)8-4-1-2-5-8;10-8(5-6-9(11)12)7-3-1-2-4-7;/h1,4H,2-3,6-7H2,(H,12,13);1,3H,2H2,(H,11,12);. The number of aliphatic carboxylic acids is 2. The van der Waals surface area contributed by atoms with Crippen molar-refractivity contribution in [3.05, 3.63) is 44.4 Å². The number of carboxylic acid groups (broad SMARTS) is 2. The van der Waals surface area contributed by atoms with Gasteiger partial charge in [-0.25, -0.2) is 0 Å². The fourth-order valence-corrected chi connectivity index (χ4v) is 4.05. The number of allylic oxidation sites excluding steroid dienone is 8. The first-order valence-electron chi connectivity index (χ1n) is 7.84. The summed E-state index contributed by atoms with van der Waals surface area (Å²) in [5, 5.41) is 17.2. The van der Waals surface area contributed by atoms with Gasteiger partial charge >= 0.3 is 156 Å². The van der Waals surface area contributed by atoms with Crippen molar-refractivity contribution in [3.8, 4) is 11.8 Å². The number of hydrogen-bond donors (Lipinski definition) is 2. The fourth-order valence-electron chi connectivity index (χ4n) is 2.40. The molecule has 0 aliphatic heterocycles. The molecule has 2 rings (SSSR count). The van der Waals surface area contributed by atoms with Crippen LogP contribution in [0.25, 0.3) is 0 Å². The number of Topliss-reactive ketones (excluding diaryl/α,β-unsaturated/α-hetero) is 2. The molecular formula is C19H16FeO6. The molecule has 0 saturated carbocycles. The average Bonchev–Trinajstić information content (AvgIpc) is 3.22. The van der Waals surface area contributed by atoms with Crippen LogP contribution in [0.1, 0.15) is 32.1 Å². The molecule has 0 fully saturated rings. The van der Waals surface area contributed by atoms with Crippen molar-refractivity contribution >= 4 is 23.5 Å². The van der Waals surface area contributed by atoms with Crippen LogP contribution in [0.15, 0.2) is 44.4 Å². The van der Waals surface area contributed by atoms with E-state index in [4.69, 9.17) is 10.2 Å². The second-order valence-corrected chi connectivity index (χ2v) is 7.07. The molecule has 0 bridgehead atoms. The molecule has 0 amide bonds. The summed E-state index contributed by atoms with van der Waals surface area (Å²) in [5.41, 5.74) is 0.967. The summed E-state index contributed by atoms with van der Waals surface area (Å²) in [6, 6.07) is 0. The summed E-state index contributed by atoms with van der Waals surface area (Å²) < 4.78 is 1.70. The van der Waals surface area contributed by atoms with E-state index in [1.807, 2.05) is 18.1 Å². The molecule has 0 aromatic carbocycles. The van der Waals surface area contributed by atoms with Gasteiger partial charge in [-0.15, -0.1) is 0 Å². The molecule has 26 heavy (non-hydrogen) atoms. The third kappa shape index (κ3) is 5.41. The monoisotopic (exact) mass is 396 g/mol. The molecule has 0 atom stereocenters. The molecule has 0 aromatic rings. The summed E-state index contributed by atoms with van der Waals surface area (Å²) >= 11 is 0.440. The average molecular weight is 396 g/mol. The van der Waals surface area contributed by atoms with Crippen molar-refractivity contribution < 1.29 is 44.3 Å². The van der Waals surface area contributed by atoms with E-state index >= 15 is 0 Å². The topological polar surface area (TPSA) is 109 Å². The molecule has 0 aromatic heterocycles. The first kappa shape index (κ1) is 19.6. The van der Waals surface area contributed by atoms with E-state index in [0.29, 0.717) is 38.9 Å². The number of carboxylic acids is 2. The SMILES string of the molecule is O=C(O)C#CC(=O)C1=[C]([Fe][C]2=C(C(=O)CCCC(=O)O)C=CC2)CC=C1. The Kier molecular flexibility index (Phi) is 6.90. The molecule has 0 radical (unpaired) electrons. The van der Waals surface area contributed by atoms with E-state index in [2.05, 4.69) is 5.92 Å². The van der Waals surface area contributed by atoms with Crippen molar-refractivity contribution in [2.45, 2.75) is 32.1 Å².